The largest absolute Gasteiger partial charge is 0.372 e. The van der Waals surface area contributed by atoms with Crippen molar-refractivity contribution in [1.29, 1.82) is 0 Å². The number of benzene rings is 1. The average molecular weight is 248 g/mol. The highest BCUT2D eigenvalue weighted by Crippen LogP contribution is 2.15. The van der Waals surface area contributed by atoms with E-state index >= 15 is 0 Å². The van der Waals surface area contributed by atoms with Gasteiger partial charge < -0.3 is 10.2 Å². The molecular formula is C15H24N2O. The van der Waals surface area contributed by atoms with E-state index in [1.807, 2.05) is 45.0 Å². The zero-order chi connectivity index (χ0) is 13.8. The molecule has 0 unspecified atom stereocenters. The summed E-state index contributed by atoms with van der Waals surface area (Å²) in [5.41, 5.74) is 1.67. The Morgan fingerprint density at radius 2 is 1.61 bits per heavy atom. The Morgan fingerprint density at radius 3 is 2.00 bits per heavy atom. The molecule has 0 spiro atoms. The van der Waals surface area contributed by atoms with E-state index in [1.54, 1.807) is 0 Å². The monoisotopic (exact) mass is 248 g/mol. The smallest absolute Gasteiger partial charge is 0.251 e. The van der Waals surface area contributed by atoms with Gasteiger partial charge in [-0.05, 0) is 58.9 Å². The van der Waals surface area contributed by atoms with Crippen LogP contribution in [-0.4, -0.2) is 24.5 Å². The second kappa shape index (κ2) is 5.89. The predicted octanol–water partition coefficient (Wildman–Crippen LogP) is 3.06. The lowest BCUT2D eigenvalue weighted by Crippen LogP contribution is -2.40. The minimum absolute atomic E-state index is 0.0198. The van der Waals surface area contributed by atoms with Gasteiger partial charge in [-0.2, -0.15) is 0 Å². The molecule has 0 aliphatic heterocycles. The van der Waals surface area contributed by atoms with Gasteiger partial charge in [0, 0.05) is 29.9 Å². The van der Waals surface area contributed by atoms with Crippen molar-refractivity contribution < 1.29 is 4.79 Å². The first-order valence-electron chi connectivity index (χ1n) is 6.55. The van der Waals surface area contributed by atoms with Gasteiger partial charge in [0.05, 0.1) is 0 Å². The van der Waals surface area contributed by atoms with E-state index in [-0.39, 0.29) is 11.4 Å². The molecule has 0 fully saturated rings. The fraction of sp³-hybridized carbons (Fsp3) is 0.533. The lowest BCUT2D eigenvalue weighted by Gasteiger charge is -2.22. The molecule has 3 heteroatoms. The zero-order valence-corrected chi connectivity index (χ0v) is 12.1. The number of carbonyl (C=O) groups is 1. The molecule has 1 amide bonds. The van der Waals surface area contributed by atoms with Gasteiger partial charge in [-0.3, -0.25) is 4.79 Å². The summed E-state index contributed by atoms with van der Waals surface area (Å²) >= 11 is 0. The van der Waals surface area contributed by atoms with Crippen molar-refractivity contribution in [1.82, 2.24) is 5.32 Å². The normalized spacial score (nSPS) is 11.2. The van der Waals surface area contributed by atoms with E-state index in [1.165, 1.54) is 0 Å². The van der Waals surface area contributed by atoms with Crippen LogP contribution in [0.15, 0.2) is 24.3 Å². The van der Waals surface area contributed by atoms with Crippen LogP contribution in [0.25, 0.3) is 0 Å². The summed E-state index contributed by atoms with van der Waals surface area (Å²) in [7, 11) is 0. The number of carbonyl (C=O) groups excluding carboxylic acids is 1. The maximum atomic E-state index is 12.0. The number of hydrogen-bond acceptors (Lipinski definition) is 2. The average Bonchev–Trinajstić information content (AvgIpc) is 2.29. The molecule has 0 saturated heterocycles. The molecule has 1 rings (SSSR count). The minimum Gasteiger partial charge on any atom is -0.372 e. The molecule has 0 aliphatic rings. The molecule has 0 atom stereocenters. The van der Waals surface area contributed by atoms with Crippen LogP contribution in [-0.2, 0) is 0 Å². The van der Waals surface area contributed by atoms with Crippen LogP contribution in [0.3, 0.4) is 0 Å². The van der Waals surface area contributed by atoms with E-state index in [9.17, 15) is 4.79 Å². The van der Waals surface area contributed by atoms with Gasteiger partial charge in [0.25, 0.3) is 5.91 Å². The lowest BCUT2D eigenvalue weighted by molar-refractivity contribution is 0.0919. The standard InChI is InChI=1S/C15H24N2O/c1-6-17(7-2)13-10-8-12(9-11-13)14(18)16-15(3,4)5/h8-11H,6-7H2,1-5H3,(H,16,18). The highest BCUT2D eigenvalue weighted by atomic mass is 16.1. The topological polar surface area (TPSA) is 32.3 Å². The first kappa shape index (κ1) is 14.6. The quantitative estimate of drug-likeness (QED) is 0.888. The Kier molecular flexibility index (Phi) is 4.76. The maximum Gasteiger partial charge on any atom is 0.251 e. The highest BCUT2D eigenvalue weighted by molar-refractivity contribution is 5.94. The molecule has 0 bridgehead atoms. The Morgan fingerprint density at radius 1 is 1.11 bits per heavy atom. The number of hydrogen-bond donors (Lipinski definition) is 1. The van der Waals surface area contributed by atoms with Crippen molar-refractivity contribution in [2.24, 2.45) is 0 Å². The van der Waals surface area contributed by atoms with Crippen molar-refractivity contribution >= 4 is 11.6 Å². The summed E-state index contributed by atoms with van der Waals surface area (Å²) in [5, 5.41) is 2.96. The van der Waals surface area contributed by atoms with Crippen molar-refractivity contribution in [2.45, 2.75) is 40.2 Å². The SMILES string of the molecule is CCN(CC)c1ccc(C(=O)NC(C)(C)C)cc1. The number of amides is 1. The molecular weight excluding hydrogens is 224 g/mol. The number of rotatable bonds is 4. The Labute approximate surface area is 110 Å². The zero-order valence-electron chi connectivity index (χ0n) is 12.1. The van der Waals surface area contributed by atoms with Crippen LogP contribution >= 0.6 is 0 Å². The summed E-state index contributed by atoms with van der Waals surface area (Å²) in [6.07, 6.45) is 0. The second-order valence-corrected chi connectivity index (χ2v) is 5.42. The summed E-state index contributed by atoms with van der Waals surface area (Å²) < 4.78 is 0. The van der Waals surface area contributed by atoms with Gasteiger partial charge in [-0.25, -0.2) is 0 Å². The molecule has 1 aromatic carbocycles. The maximum absolute atomic E-state index is 12.0. The van der Waals surface area contributed by atoms with Gasteiger partial charge in [-0.15, -0.1) is 0 Å². The molecule has 0 saturated carbocycles. The highest BCUT2D eigenvalue weighted by Gasteiger charge is 2.15. The van der Waals surface area contributed by atoms with Crippen LogP contribution in [0, 0.1) is 0 Å². The van der Waals surface area contributed by atoms with Gasteiger partial charge in [0.1, 0.15) is 0 Å². The third-order valence-electron chi connectivity index (χ3n) is 2.75. The predicted molar refractivity (Wildman–Crippen MR) is 77.2 cm³/mol. The van der Waals surface area contributed by atoms with E-state index < -0.39 is 0 Å². The fourth-order valence-electron chi connectivity index (χ4n) is 1.83. The van der Waals surface area contributed by atoms with Gasteiger partial charge in [0.15, 0.2) is 0 Å². The Balaban J connectivity index is 2.79. The molecule has 0 aromatic heterocycles. The van der Waals surface area contributed by atoms with Gasteiger partial charge >= 0.3 is 0 Å². The summed E-state index contributed by atoms with van der Waals surface area (Å²) in [6.45, 7) is 12.2. The molecule has 18 heavy (non-hydrogen) atoms. The lowest BCUT2D eigenvalue weighted by atomic mass is 10.1. The third-order valence-corrected chi connectivity index (χ3v) is 2.75. The summed E-state index contributed by atoms with van der Waals surface area (Å²) in [4.78, 5) is 14.2. The van der Waals surface area contributed by atoms with Gasteiger partial charge in [-0.1, -0.05) is 0 Å². The second-order valence-electron chi connectivity index (χ2n) is 5.42. The Bertz CT molecular complexity index is 386. The third kappa shape index (κ3) is 4.06. The van der Waals surface area contributed by atoms with E-state index in [0.717, 1.165) is 18.8 Å². The van der Waals surface area contributed by atoms with Crippen molar-refractivity contribution in [3.8, 4) is 0 Å². The molecule has 1 N–H and O–H groups in total. The molecule has 3 nitrogen and oxygen atoms in total. The van der Waals surface area contributed by atoms with Crippen molar-refractivity contribution in [3.63, 3.8) is 0 Å². The summed E-state index contributed by atoms with van der Waals surface area (Å²) in [5.74, 6) is -0.0198. The van der Waals surface area contributed by atoms with Crippen molar-refractivity contribution in [3.05, 3.63) is 29.8 Å². The van der Waals surface area contributed by atoms with E-state index in [2.05, 4.69) is 24.1 Å². The van der Waals surface area contributed by atoms with E-state index in [4.69, 9.17) is 0 Å². The van der Waals surface area contributed by atoms with Crippen LogP contribution in [0.5, 0.6) is 0 Å². The fourth-order valence-corrected chi connectivity index (χ4v) is 1.83. The summed E-state index contributed by atoms with van der Waals surface area (Å²) in [6, 6.07) is 7.78. The van der Waals surface area contributed by atoms with Crippen LogP contribution in [0.1, 0.15) is 45.0 Å². The first-order valence-corrected chi connectivity index (χ1v) is 6.55. The van der Waals surface area contributed by atoms with Crippen LogP contribution in [0.4, 0.5) is 5.69 Å². The van der Waals surface area contributed by atoms with Crippen LogP contribution < -0.4 is 10.2 Å². The molecule has 0 radical (unpaired) electrons. The molecule has 1 aromatic rings. The number of nitrogens with zero attached hydrogens (tertiary/aromatic N) is 1. The molecule has 0 aliphatic carbocycles. The Hall–Kier alpha value is -1.51. The van der Waals surface area contributed by atoms with E-state index in [0.29, 0.717) is 5.56 Å². The van der Waals surface area contributed by atoms with Crippen LogP contribution in [0.2, 0.25) is 0 Å². The molecule has 100 valence electrons. The van der Waals surface area contributed by atoms with Crippen molar-refractivity contribution in [2.75, 3.05) is 18.0 Å². The molecule has 0 heterocycles. The number of nitrogens with one attached hydrogen (secondary N) is 1. The first-order chi connectivity index (χ1) is 8.37. The minimum atomic E-state index is -0.200. The van der Waals surface area contributed by atoms with Gasteiger partial charge in [0.2, 0.25) is 0 Å². The number of anilines is 1.